The molecule has 4 rings (SSSR count). The number of hydrogen-bond donors (Lipinski definition) is 1. The molecular weight excluding hydrogens is 314 g/mol. The third-order valence-electron chi connectivity index (χ3n) is 4.57. The molecule has 0 bridgehead atoms. The fourth-order valence-electron chi connectivity index (χ4n) is 3.24. The van der Waals surface area contributed by atoms with Gasteiger partial charge in [0.1, 0.15) is 0 Å². The molecule has 0 saturated heterocycles. The predicted molar refractivity (Wildman–Crippen MR) is 110 cm³/mol. The minimum atomic E-state index is 0.787. The molecule has 1 heteroatoms. The third-order valence-corrected chi connectivity index (χ3v) is 4.57. The molecular formula is C25H21N. The molecule has 0 radical (unpaired) electrons. The Hall–Kier alpha value is -3.24. The number of hydrogen-bond acceptors (Lipinski definition) is 1. The summed E-state index contributed by atoms with van der Waals surface area (Å²) in [7, 11) is 0. The van der Waals surface area contributed by atoms with Gasteiger partial charge in [0, 0.05) is 24.2 Å². The quantitative estimate of drug-likeness (QED) is 0.624. The molecule has 1 N–H and O–H groups in total. The summed E-state index contributed by atoms with van der Waals surface area (Å²) in [6.07, 6.45) is 4.05. The summed E-state index contributed by atoms with van der Waals surface area (Å²) in [6, 6.07) is 27.4. The van der Waals surface area contributed by atoms with Gasteiger partial charge in [0.15, 0.2) is 0 Å². The first-order chi connectivity index (χ1) is 12.9. The maximum absolute atomic E-state index is 3.53. The Labute approximate surface area is 155 Å². The fraction of sp³-hybridized carbons (Fsp3) is 0.120. The highest BCUT2D eigenvalue weighted by Gasteiger charge is 2.12. The normalized spacial score (nSPS) is 14.1. The number of nitrogens with one attached hydrogen (secondary N) is 1. The van der Waals surface area contributed by atoms with Crippen molar-refractivity contribution >= 4 is 11.8 Å². The molecule has 1 aliphatic heterocycles. The van der Waals surface area contributed by atoms with Gasteiger partial charge in [0.05, 0.1) is 0 Å². The molecule has 0 fully saturated rings. The minimum absolute atomic E-state index is 0.787. The maximum Gasteiger partial charge on any atom is 0.0379 e. The van der Waals surface area contributed by atoms with E-state index in [1.54, 1.807) is 0 Å². The lowest BCUT2D eigenvalue weighted by molar-refractivity contribution is 1.04. The topological polar surface area (TPSA) is 12.0 Å². The lowest BCUT2D eigenvalue weighted by Crippen LogP contribution is -2.15. The smallest absolute Gasteiger partial charge is 0.0379 e. The van der Waals surface area contributed by atoms with Crippen LogP contribution in [0.15, 0.2) is 84.4 Å². The standard InChI is InChI=1S/C25H21N/c1-3-8-20(9-4-1)12-7-13-22-14-15-25-24(17-22)18-23(19-26-25)16-21-10-5-2-6-11-21/h1-6,8-11,14-17,26H,12,18-19H2. The van der Waals surface area contributed by atoms with E-state index in [4.69, 9.17) is 0 Å². The second kappa shape index (κ2) is 7.76. The number of rotatable bonds is 2. The van der Waals surface area contributed by atoms with E-state index in [1.807, 2.05) is 6.07 Å². The predicted octanol–water partition coefficient (Wildman–Crippen LogP) is 5.33. The maximum atomic E-state index is 3.53. The van der Waals surface area contributed by atoms with Gasteiger partial charge in [-0.3, -0.25) is 0 Å². The minimum Gasteiger partial charge on any atom is -0.381 e. The highest BCUT2D eigenvalue weighted by atomic mass is 14.9. The Kier molecular flexibility index (Phi) is 4.85. The van der Waals surface area contributed by atoms with Crippen LogP contribution in [0, 0.1) is 11.8 Å². The van der Waals surface area contributed by atoms with Crippen LogP contribution in [0.2, 0.25) is 0 Å². The molecule has 26 heavy (non-hydrogen) atoms. The summed E-state index contributed by atoms with van der Waals surface area (Å²) in [5, 5.41) is 3.53. The molecule has 0 amide bonds. The van der Waals surface area contributed by atoms with Gasteiger partial charge in [-0.15, -0.1) is 0 Å². The van der Waals surface area contributed by atoms with Gasteiger partial charge in [-0.25, -0.2) is 0 Å². The van der Waals surface area contributed by atoms with E-state index in [9.17, 15) is 0 Å². The van der Waals surface area contributed by atoms with Crippen LogP contribution < -0.4 is 5.32 Å². The molecule has 1 aliphatic rings. The number of anilines is 1. The Morgan fingerprint density at radius 3 is 2.46 bits per heavy atom. The summed E-state index contributed by atoms with van der Waals surface area (Å²) < 4.78 is 0. The molecule has 1 heterocycles. The summed E-state index contributed by atoms with van der Waals surface area (Å²) in [5.74, 6) is 6.60. The highest BCUT2D eigenvalue weighted by molar-refractivity contribution is 5.64. The van der Waals surface area contributed by atoms with E-state index in [0.717, 1.165) is 24.9 Å². The molecule has 1 nitrogen and oxygen atoms in total. The van der Waals surface area contributed by atoms with E-state index in [-0.39, 0.29) is 0 Å². The van der Waals surface area contributed by atoms with Crippen LogP contribution in [0.5, 0.6) is 0 Å². The Morgan fingerprint density at radius 1 is 0.885 bits per heavy atom. The van der Waals surface area contributed by atoms with Crippen molar-refractivity contribution in [1.29, 1.82) is 0 Å². The Balaban J connectivity index is 1.50. The average Bonchev–Trinajstić information content (AvgIpc) is 2.69. The lowest BCUT2D eigenvalue weighted by atomic mass is 9.95. The number of fused-ring (bicyclic) bond motifs is 1. The van der Waals surface area contributed by atoms with Crippen molar-refractivity contribution in [3.05, 3.63) is 107 Å². The van der Waals surface area contributed by atoms with Gasteiger partial charge in [0.25, 0.3) is 0 Å². The van der Waals surface area contributed by atoms with Gasteiger partial charge >= 0.3 is 0 Å². The largest absolute Gasteiger partial charge is 0.381 e. The molecule has 0 saturated carbocycles. The van der Waals surface area contributed by atoms with Gasteiger partial charge < -0.3 is 5.32 Å². The second-order valence-electron chi connectivity index (χ2n) is 6.58. The summed E-state index contributed by atoms with van der Waals surface area (Å²) in [4.78, 5) is 0. The fourth-order valence-corrected chi connectivity index (χ4v) is 3.24. The summed E-state index contributed by atoms with van der Waals surface area (Å²) >= 11 is 0. The van der Waals surface area contributed by atoms with Crippen molar-refractivity contribution in [3.8, 4) is 11.8 Å². The van der Waals surface area contributed by atoms with Crippen LogP contribution in [-0.4, -0.2) is 6.54 Å². The van der Waals surface area contributed by atoms with Crippen LogP contribution in [0.4, 0.5) is 5.69 Å². The van der Waals surface area contributed by atoms with Gasteiger partial charge in [-0.1, -0.05) is 78.6 Å². The average molecular weight is 335 g/mol. The molecule has 126 valence electrons. The van der Waals surface area contributed by atoms with E-state index < -0.39 is 0 Å². The molecule has 3 aromatic carbocycles. The third kappa shape index (κ3) is 4.05. The van der Waals surface area contributed by atoms with Crippen molar-refractivity contribution in [2.45, 2.75) is 12.8 Å². The molecule has 3 aromatic rings. The van der Waals surface area contributed by atoms with E-state index in [2.05, 4.69) is 96.0 Å². The zero-order chi connectivity index (χ0) is 17.6. The summed E-state index contributed by atoms with van der Waals surface area (Å²) in [5.41, 5.74) is 7.55. The van der Waals surface area contributed by atoms with Gasteiger partial charge in [0.2, 0.25) is 0 Å². The Bertz CT molecular complexity index is 973. The van der Waals surface area contributed by atoms with Crippen LogP contribution in [-0.2, 0) is 12.8 Å². The van der Waals surface area contributed by atoms with Crippen molar-refractivity contribution < 1.29 is 0 Å². The molecule has 0 atom stereocenters. The zero-order valence-corrected chi connectivity index (χ0v) is 14.7. The SMILES string of the molecule is C(#Cc1ccc2c(c1)CC(=Cc1ccccc1)CN2)Cc1ccccc1. The van der Waals surface area contributed by atoms with Crippen molar-refractivity contribution in [3.63, 3.8) is 0 Å². The van der Waals surface area contributed by atoms with Crippen molar-refractivity contribution in [2.24, 2.45) is 0 Å². The molecule has 0 unspecified atom stereocenters. The van der Waals surface area contributed by atoms with Crippen LogP contribution in [0.1, 0.15) is 22.3 Å². The highest BCUT2D eigenvalue weighted by Crippen LogP contribution is 2.26. The second-order valence-corrected chi connectivity index (χ2v) is 6.58. The van der Waals surface area contributed by atoms with Gasteiger partial charge in [-0.05, 0) is 46.9 Å². The van der Waals surface area contributed by atoms with Crippen LogP contribution in [0.3, 0.4) is 0 Å². The van der Waals surface area contributed by atoms with Crippen molar-refractivity contribution in [2.75, 3.05) is 11.9 Å². The van der Waals surface area contributed by atoms with E-state index >= 15 is 0 Å². The molecule has 0 spiro atoms. The Morgan fingerprint density at radius 2 is 1.65 bits per heavy atom. The van der Waals surface area contributed by atoms with Crippen LogP contribution in [0.25, 0.3) is 6.08 Å². The number of benzene rings is 3. The lowest BCUT2D eigenvalue weighted by Gasteiger charge is -2.21. The van der Waals surface area contributed by atoms with Crippen LogP contribution >= 0.6 is 0 Å². The molecule has 0 aliphatic carbocycles. The monoisotopic (exact) mass is 335 g/mol. The van der Waals surface area contributed by atoms with E-state index in [0.29, 0.717) is 0 Å². The first kappa shape index (κ1) is 16.2. The zero-order valence-electron chi connectivity index (χ0n) is 14.7. The first-order valence-electron chi connectivity index (χ1n) is 9.01. The first-order valence-corrected chi connectivity index (χ1v) is 9.01. The van der Waals surface area contributed by atoms with E-state index in [1.165, 1.54) is 28.0 Å². The van der Waals surface area contributed by atoms with Gasteiger partial charge in [-0.2, -0.15) is 0 Å². The molecule has 0 aromatic heterocycles. The van der Waals surface area contributed by atoms with Crippen molar-refractivity contribution in [1.82, 2.24) is 0 Å². The summed E-state index contributed by atoms with van der Waals surface area (Å²) in [6.45, 7) is 0.904.